The fourth-order valence-corrected chi connectivity index (χ4v) is 6.54. The van der Waals surface area contributed by atoms with Crippen molar-refractivity contribution in [2.24, 2.45) is 5.73 Å². The summed E-state index contributed by atoms with van der Waals surface area (Å²) in [6, 6.07) is 12.7. The first-order valence-electron chi connectivity index (χ1n) is 12.3. The highest BCUT2D eigenvalue weighted by Crippen LogP contribution is 2.37. The Kier molecular flexibility index (Phi) is 6.67. The number of carbonyl (C=O) groups is 1. The number of hydrogen-bond donors (Lipinski definition) is 4. The Balaban J connectivity index is 1.50. The number of nitrogens with zero attached hydrogens (tertiary/aromatic N) is 1. The van der Waals surface area contributed by atoms with E-state index in [0.717, 1.165) is 60.1 Å². The number of hydrogen-bond acceptors (Lipinski definition) is 5. The number of H-pyrrole nitrogens is 1. The average Bonchev–Trinajstić information content (AvgIpc) is 3.32. The standard InChI is InChI=1S/C26H33N5O3S/c1-2-35(33,34)31-10-6-17(7-11-31)23-15-30-25-21(23)13-20(14-22(25)26(27)32)18-4-3-5-19(12-18)24-16-28-8-9-29-24/h3-5,12-15,17,24,28-30H,2,6-11,16H2,1H3,(H2,27,32). The van der Waals surface area contributed by atoms with Crippen molar-refractivity contribution in [1.82, 2.24) is 19.9 Å². The highest BCUT2D eigenvalue weighted by atomic mass is 32.2. The summed E-state index contributed by atoms with van der Waals surface area (Å²) >= 11 is 0. The molecule has 0 spiro atoms. The van der Waals surface area contributed by atoms with Gasteiger partial charge in [-0.3, -0.25) is 4.79 Å². The minimum atomic E-state index is -3.18. The maximum Gasteiger partial charge on any atom is 0.250 e. The second-order valence-electron chi connectivity index (χ2n) is 9.46. The number of sulfonamides is 1. The van der Waals surface area contributed by atoms with E-state index in [1.807, 2.05) is 12.3 Å². The van der Waals surface area contributed by atoms with Gasteiger partial charge >= 0.3 is 0 Å². The minimum Gasteiger partial charge on any atom is -0.366 e. The Hall–Kier alpha value is -2.72. The van der Waals surface area contributed by atoms with E-state index in [9.17, 15) is 13.2 Å². The number of rotatable bonds is 6. The third-order valence-corrected chi connectivity index (χ3v) is 9.28. The van der Waals surface area contributed by atoms with E-state index in [0.29, 0.717) is 18.7 Å². The number of aromatic amines is 1. The van der Waals surface area contributed by atoms with Gasteiger partial charge in [0.15, 0.2) is 0 Å². The maximum absolute atomic E-state index is 12.4. The summed E-state index contributed by atoms with van der Waals surface area (Å²) < 4.78 is 26.2. The Morgan fingerprint density at radius 3 is 2.60 bits per heavy atom. The number of benzene rings is 2. The quantitative estimate of drug-likeness (QED) is 0.419. The van der Waals surface area contributed by atoms with E-state index in [2.05, 4.69) is 45.9 Å². The molecule has 0 radical (unpaired) electrons. The molecule has 2 aliphatic rings. The van der Waals surface area contributed by atoms with Crippen LogP contribution in [-0.4, -0.2) is 62.1 Å². The lowest BCUT2D eigenvalue weighted by atomic mass is 9.88. The first-order valence-corrected chi connectivity index (χ1v) is 14.0. The van der Waals surface area contributed by atoms with Crippen LogP contribution in [0.25, 0.3) is 22.0 Å². The summed E-state index contributed by atoms with van der Waals surface area (Å²) in [5.41, 5.74) is 11.3. The van der Waals surface area contributed by atoms with Crippen LogP contribution in [0, 0.1) is 0 Å². The number of nitrogens with one attached hydrogen (secondary N) is 3. The summed E-state index contributed by atoms with van der Waals surface area (Å²) in [5.74, 6) is -0.128. The van der Waals surface area contributed by atoms with Gasteiger partial charge < -0.3 is 21.4 Å². The molecule has 2 aromatic carbocycles. The molecule has 2 aliphatic heterocycles. The summed E-state index contributed by atoms with van der Waals surface area (Å²) in [6.45, 7) is 5.49. The molecule has 0 saturated carbocycles. The predicted molar refractivity (Wildman–Crippen MR) is 139 cm³/mol. The molecule has 1 amide bonds. The van der Waals surface area contributed by atoms with Gasteiger partial charge in [0.2, 0.25) is 10.0 Å². The molecule has 8 nitrogen and oxygen atoms in total. The van der Waals surface area contributed by atoms with Crippen LogP contribution in [0.1, 0.15) is 53.2 Å². The van der Waals surface area contributed by atoms with Crippen molar-refractivity contribution in [2.45, 2.75) is 31.7 Å². The predicted octanol–water partition coefficient (Wildman–Crippen LogP) is 2.70. The summed E-state index contributed by atoms with van der Waals surface area (Å²) in [6.07, 6.45) is 3.46. The van der Waals surface area contributed by atoms with E-state index in [4.69, 9.17) is 5.73 Å². The van der Waals surface area contributed by atoms with E-state index in [1.165, 1.54) is 5.56 Å². The Labute approximate surface area is 206 Å². The lowest BCUT2D eigenvalue weighted by Crippen LogP contribution is -2.42. The maximum atomic E-state index is 12.4. The second kappa shape index (κ2) is 9.73. The molecule has 0 aliphatic carbocycles. The van der Waals surface area contributed by atoms with Gasteiger partial charge in [-0.05, 0) is 66.1 Å². The Morgan fingerprint density at radius 1 is 1.11 bits per heavy atom. The van der Waals surface area contributed by atoms with Crippen molar-refractivity contribution >= 4 is 26.8 Å². The van der Waals surface area contributed by atoms with Crippen molar-refractivity contribution in [2.75, 3.05) is 38.5 Å². The van der Waals surface area contributed by atoms with Gasteiger partial charge in [0.25, 0.3) is 5.91 Å². The zero-order chi connectivity index (χ0) is 24.6. The van der Waals surface area contributed by atoms with E-state index in [-0.39, 0.29) is 17.7 Å². The average molecular weight is 496 g/mol. The molecule has 5 N–H and O–H groups in total. The molecule has 186 valence electrons. The molecular formula is C26H33N5O3S. The normalized spacial score (nSPS) is 20.3. The zero-order valence-electron chi connectivity index (χ0n) is 20.0. The van der Waals surface area contributed by atoms with Crippen LogP contribution in [0.5, 0.6) is 0 Å². The summed E-state index contributed by atoms with van der Waals surface area (Å²) in [5, 5.41) is 7.96. The number of piperazine rings is 1. The highest BCUT2D eigenvalue weighted by molar-refractivity contribution is 7.89. The third kappa shape index (κ3) is 4.73. The molecule has 1 aromatic heterocycles. The van der Waals surface area contributed by atoms with Gasteiger partial charge in [-0.25, -0.2) is 12.7 Å². The number of fused-ring (bicyclic) bond motifs is 1. The molecule has 0 bridgehead atoms. The van der Waals surface area contributed by atoms with Crippen LogP contribution in [0.2, 0.25) is 0 Å². The van der Waals surface area contributed by atoms with Gasteiger partial charge in [-0.1, -0.05) is 18.2 Å². The van der Waals surface area contributed by atoms with Crippen molar-refractivity contribution in [3.8, 4) is 11.1 Å². The molecule has 1 atom stereocenters. The first kappa shape index (κ1) is 24.0. The molecular weight excluding hydrogens is 462 g/mol. The van der Waals surface area contributed by atoms with E-state index < -0.39 is 15.9 Å². The smallest absolute Gasteiger partial charge is 0.250 e. The van der Waals surface area contributed by atoms with Crippen LogP contribution in [-0.2, 0) is 10.0 Å². The lowest BCUT2D eigenvalue weighted by molar-refractivity contribution is 0.100. The first-order chi connectivity index (χ1) is 16.9. The van der Waals surface area contributed by atoms with Crippen molar-refractivity contribution in [3.63, 3.8) is 0 Å². The monoisotopic (exact) mass is 495 g/mol. The minimum absolute atomic E-state index is 0.127. The number of carbonyl (C=O) groups excluding carboxylic acids is 1. The SMILES string of the molecule is CCS(=O)(=O)N1CCC(c2c[nH]c3c(C(N)=O)cc(-c4cccc(C5CNCCN5)c4)cc23)CC1. The number of aromatic nitrogens is 1. The van der Waals surface area contributed by atoms with Crippen LogP contribution in [0.3, 0.4) is 0 Å². The zero-order valence-corrected chi connectivity index (χ0v) is 20.8. The molecule has 3 aromatic rings. The van der Waals surface area contributed by atoms with Gasteiger partial charge in [-0.2, -0.15) is 0 Å². The van der Waals surface area contributed by atoms with E-state index in [1.54, 1.807) is 11.2 Å². The van der Waals surface area contributed by atoms with Gasteiger partial charge in [0.05, 0.1) is 16.8 Å². The number of amides is 1. The fourth-order valence-electron chi connectivity index (χ4n) is 5.40. The summed E-state index contributed by atoms with van der Waals surface area (Å²) in [7, 11) is -3.18. The van der Waals surface area contributed by atoms with Crippen LogP contribution >= 0.6 is 0 Å². The molecule has 1 unspecified atom stereocenters. The van der Waals surface area contributed by atoms with Crippen LogP contribution in [0.15, 0.2) is 42.6 Å². The molecule has 2 fully saturated rings. The molecule has 5 rings (SSSR count). The molecule has 3 heterocycles. The van der Waals surface area contributed by atoms with Crippen molar-refractivity contribution in [3.05, 3.63) is 59.3 Å². The molecule has 9 heteroatoms. The second-order valence-corrected chi connectivity index (χ2v) is 11.7. The number of piperidine rings is 1. The molecule has 35 heavy (non-hydrogen) atoms. The largest absolute Gasteiger partial charge is 0.366 e. The third-order valence-electron chi connectivity index (χ3n) is 7.40. The Morgan fingerprint density at radius 2 is 1.91 bits per heavy atom. The van der Waals surface area contributed by atoms with Crippen LogP contribution < -0.4 is 16.4 Å². The number of primary amides is 1. The van der Waals surface area contributed by atoms with Crippen molar-refractivity contribution < 1.29 is 13.2 Å². The number of nitrogens with two attached hydrogens (primary N) is 1. The highest BCUT2D eigenvalue weighted by Gasteiger charge is 2.29. The van der Waals surface area contributed by atoms with Gasteiger partial charge in [0.1, 0.15) is 0 Å². The van der Waals surface area contributed by atoms with Gasteiger partial charge in [-0.15, -0.1) is 0 Å². The fraction of sp³-hybridized carbons (Fsp3) is 0.423. The topological polar surface area (TPSA) is 120 Å². The van der Waals surface area contributed by atoms with Crippen LogP contribution in [0.4, 0.5) is 0 Å². The van der Waals surface area contributed by atoms with E-state index >= 15 is 0 Å². The Bertz CT molecular complexity index is 1340. The lowest BCUT2D eigenvalue weighted by Gasteiger charge is -2.31. The summed E-state index contributed by atoms with van der Waals surface area (Å²) in [4.78, 5) is 15.7. The van der Waals surface area contributed by atoms with Gasteiger partial charge in [0, 0.05) is 50.3 Å². The van der Waals surface area contributed by atoms with Crippen molar-refractivity contribution in [1.29, 1.82) is 0 Å². The molecule has 2 saturated heterocycles.